The molecule has 0 bridgehead atoms. The molecule has 0 aliphatic carbocycles. The number of carbonyl (C=O) groups excluding carboxylic acids is 2. The van der Waals surface area contributed by atoms with Gasteiger partial charge in [-0.25, -0.2) is 0 Å². The van der Waals surface area contributed by atoms with E-state index in [-0.39, 0.29) is 18.3 Å². The van der Waals surface area contributed by atoms with Gasteiger partial charge in [-0.3, -0.25) is 9.59 Å². The highest BCUT2D eigenvalue weighted by Crippen LogP contribution is 2.05. The van der Waals surface area contributed by atoms with Crippen LogP contribution in [0.3, 0.4) is 0 Å². The van der Waals surface area contributed by atoms with Crippen LogP contribution >= 0.6 is 0 Å². The molecule has 0 aliphatic heterocycles. The van der Waals surface area contributed by atoms with E-state index in [0.29, 0.717) is 18.7 Å². The van der Waals surface area contributed by atoms with Crippen molar-refractivity contribution in [2.45, 2.75) is 58.8 Å². The molecule has 0 spiro atoms. The predicted molar refractivity (Wildman–Crippen MR) is 92.5 cm³/mol. The Morgan fingerprint density at radius 3 is 2.35 bits per heavy atom. The molecule has 0 atom stereocenters. The van der Waals surface area contributed by atoms with E-state index in [1.54, 1.807) is 12.1 Å². The molecule has 0 aliphatic rings. The second kappa shape index (κ2) is 11.7. The average molecular weight is 319 g/mol. The van der Waals surface area contributed by atoms with Crippen LogP contribution in [-0.2, 0) is 9.53 Å². The minimum absolute atomic E-state index is 0.159. The van der Waals surface area contributed by atoms with Crippen LogP contribution in [0.4, 0.5) is 0 Å². The van der Waals surface area contributed by atoms with Gasteiger partial charge >= 0.3 is 5.97 Å². The van der Waals surface area contributed by atoms with Gasteiger partial charge in [-0.05, 0) is 25.5 Å². The van der Waals surface area contributed by atoms with Crippen molar-refractivity contribution in [1.29, 1.82) is 0 Å². The molecule has 0 fully saturated rings. The monoisotopic (exact) mass is 319 g/mol. The molecule has 1 aromatic carbocycles. The van der Waals surface area contributed by atoms with Gasteiger partial charge in [0.15, 0.2) is 0 Å². The topological polar surface area (TPSA) is 55.4 Å². The number of rotatable bonds is 11. The van der Waals surface area contributed by atoms with Crippen molar-refractivity contribution in [2.75, 3.05) is 13.2 Å². The summed E-state index contributed by atoms with van der Waals surface area (Å²) in [4.78, 5) is 23.4. The number of aryl methyl sites for hydroxylation is 1. The standard InChI is InChI=1S/C19H29NO3/c1-3-4-5-6-7-8-15-23-18(21)13-14-20-19(22)17-11-9-16(2)10-12-17/h9-12H,3-8,13-15H2,1-2H3,(H,20,22). The lowest BCUT2D eigenvalue weighted by atomic mass is 10.1. The third kappa shape index (κ3) is 9.01. The lowest BCUT2D eigenvalue weighted by Gasteiger charge is -2.07. The van der Waals surface area contributed by atoms with E-state index in [1.807, 2.05) is 19.1 Å². The van der Waals surface area contributed by atoms with E-state index in [1.165, 1.54) is 25.7 Å². The number of benzene rings is 1. The Morgan fingerprint density at radius 2 is 1.65 bits per heavy atom. The Hall–Kier alpha value is -1.84. The number of amides is 1. The van der Waals surface area contributed by atoms with Gasteiger partial charge in [0.1, 0.15) is 0 Å². The van der Waals surface area contributed by atoms with E-state index >= 15 is 0 Å². The molecule has 0 radical (unpaired) electrons. The highest BCUT2D eigenvalue weighted by Gasteiger charge is 2.07. The van der Waals surface area contributed by atoms with Crippen molar-refractivity contribution in [3.05, 3.63) is 35.4 Å². The van der Waals surface area contributed by atoms with Crippen LogP contribution in [-0.4, -0.2) is 25.0 Å². The predicted octanol–water partition coefficient (Wildman–Crippen LogP) is 4.02. The fourth-order valence-electron chi connectivity index (χ4n) is 2.23. The van der Waals surface area contributed by atoms with Crippen LogP contribution in [0.5, 0.6) is 0 Å². The molecule has 0 heterocycles. The molecular formula is C19H29NO3. The molecule has 1 amide bonds. The van der Waals surface area contributed by atoms with Gasteiger partial charge in [0, 0.05) is 12.1 Å². The molecule has 0 saturated carbocycles. The SMILES string of the molecule is CCCCCCCCOC(=O)CCNC(=O)c1ccc(C)cc1. The Kier molecular flexibility index (Phi) is 9.76. The molecule has 4 heteroatoms. The molecule has 1 rings (SSSR count). The van der Waals surface area contributed by atoms with Crippen LogP contribution < -0.4 is 5.32 Å². The van der Waals surface area contributed by atoms with Gasteiger partial charge in [0.2, 0.25) is 0 Å². The maximum Gasteiger partial charge on any atom is 0.307 e. The molecule has 128 valence electrons. The second-order valence-electron chi connectivity index (χ2n) is 5.86. The van der Waals surface area contributed by atoms with E-state index < -0.39 is 0 Å². The number of nitrogens with one attached hydrogen (secondary N) is 1. The Morgan fingerprint density at radius 1 is 1.00 bits per heavy atom. The largest absolute Gasteiger partial charge is 0.466 e. The van der Waals surface area contributed by atoms with Crippen molar-refractivity contribution < 1.29 is 14.3 Å². The van der Waals surface area contributed by atoms with Gasteiger partial charge < -0.3 is 10.1 Å². The molecule has 0 unspecified atom stereocenters. The lowest BCUT2D eigenvalue weighted by molar-refractivity contribution is -0.143. The minimum atomic E-state index is -0.247. The number of hydrogen-bond donors (Lipinski definition) is 1. The first-order valence-electron chi connectivity index (χ1n) is 8.64. The maximum atomic E-state index is 11.9. The summed E-state index contributed by atoms with van der Waals surface area (Å²) in [6.45, 7) is 4.96. The normalized spacial score (nSPS) is 10.3. The molecule has 23 heavy (non-hydrogen) atoms. The van der Waals surface area contributed by atoms with Gasteiger partial charge in [0.05, 0.1) is 13.0 Å². The smallest absolute Gasteiger partial charge is 0.307 e. The number of esters is 1. The molecule has 1 aromatic rings. The molecule has 0 saturated heterocycles. The number of unbranched alkanes of at least 4 members (excludes halogenated alkanes) is 5. The fourth-order valence-corrected chi connectivity index (χ4v) is 2.23. The first kappa shape index (κ1) is 19.2. The zero-order valence-electron chi connectivity index (χ0n) is 14.4. The van der Waals surface area contributed by atoms with E-state index in [0.717, 1.165) is 18.4 Å². The zero-order valence-corrected chi connectivity index (χ0v) is 14.4. The number of ether oxygens (including phenoxy) is 1. The van der Waals surface area contributed by atoms with Gasteiger partial charge in [-0.2, -0.15) is 0 Å². The molecule has 1 N–H and O–H groups in total. The van der Waals surface area contributed by atoms with Crippen LogP contribution in [0.15, 0.2) is 24.3 Å². The Bertz CT molecular complexity index is 468. The fraction of sp³-hybridized carbons (Fsp3) is 0.579. The summed E-state index contributed by atoms with van der Waals surface area (Å²) >= 11 is 0. The summed E-state index contributed by atoms with van der Waals surface area (Å²) in [5, 5.41) is 2.73. The quantitative estimate of drug-likeness (QED) is 0.495. The van der Waals surface area contributed by atoms with Crippen molar-refractivity contribution in [2.24, 2.45) is 0 Å². The van der Waals surface area contributed by atoms with E-state index in [4.69, 9.17) is 4.74 Å². The average Bonchev–Trinajstić information content (AvgIpc) is 2.54. The molecular weight excluding hydrogens is 290 g/mol. The van der Waals surface area contributed by atoms with Gasteiger partial charge in [-0.1, -0.05) is 56.7 Å². The van der Waals surface area contributed by atoms with Crippen LogP contribution in [0.2, 0.25) is 0 Å². The first-order chi connectivity index (χ1) is 11.1. The van der Waals surface area contributed by atoms with Gasteiger partial charge in [-0.15, -0.1) is 0 Å². The summed E-state index contributed by atoms with van der Waals surface area (Å²) in [7, 11) is 0. The van der Waals surface area contributed by atoms with Crippen LogP contribution in [0.1, 0.15) is 67.8 Å². The number of carbonyl (C=O) groups is 2. The summed E-state index contributed by atoms with van der Waals surface area (Å²) in [6, 6.07) is 7.34. The van der Waals surface area contributed by atoms with Gasteiger partial charge in [0.25, 0.3) is 5.91 Å². The second-order valence-corrected chi connectivity index (χ2v) is 5.86. The highest BCUT2D eigenvalue weighted by atomic mass is 16.5. The van der Waals surface area contributed by atoms with Crippen molar-refractivity contribution in [1.82, 2.24) is 5.32 Å². The Balaban J connectivity index is 2.05. The lowest BCUT2D eigenvalue weighted by Crippen LogP contribution is -2.26. The summed E-state index contributed by atoms with van der Waals surface area (Å²) in [6.07, 6.45) is 7.23. The minimum Gasteiger partial charge on any atom is -0.466 e. The van der Waals surface area contributed by atoms with Crippen LogP contribution in [0, 0.1) is 6.92 Å². The maximum absolute atomic E-state index is 11.9. The van der Waals surface area contributed by atoms with Crippen molar-refractivity contribution in [3.63, 3.8) is 0 Å². The molecule has 4 nitrogen and oxygen atoms in total. The highest BCUT2D eigenvalue weighted by molar-refractivity contribution is 5.94. The van der Waals surface area contributed by atoms with E-state index in [2.05, 4.69) is 12.2 Å². The first-order valence-corrected chi connectivity index (χ1v) is 8.64. The summed E-state index contributed by atoms with van der Waals surface area (Å²) in [5.41, 5.74) is 1.72. The van der Waals surface area contributed by atoms with Crippen molar-refractivity contribution >= 4 is 11.9 Å². The van der Waals surface area contributed by atoms with Crippen LogP contribution in [0.25, 0.3) is 0 Å². The third-order valence-corrected chi connectivity index (χ3v) is 3.69. The van der Waals surface area contributed by atoms with Crippen molar-refractivity contribution in [3.8, 4) is 0 Å². The summed E-state index contributed by atoms with van der Waals surface area (Å²) < 4.78 is 5.16. The van der Waals surface area contributed by atoms with E-state index in [9.17, 15) is 9.59 Å². The zero-order chi connectivity index (χ0) is 16.9. The number of hydrogen-bond acceptors (Lipinski definition) is 3. The summed E-state index contributed by atoms with van der Waals surface area (Å²) in [5.74, 6) is -0.406. The third-order valence-electron chi connectivity index (χ3n) is 3.69. The Labute approximate surface area is 139 Å². The molecule has 0 aromatic heterocycles.